The fourth-order valence-corrected chi connectivity index (χ4v) is 4.74. The lowest BCUT2D eigenvalue weighted by Gasteiger charge is -2.28. The monoisotopic (exact) mass is 327 g/mol. The van der Waals surface area contributed by atoms with Crippen molar-refractivity contribution in [2.75, 3.05) is 0 Å². The molecule has 4 heteroatoms. The maximum atomic E-state index is 12.9. The van der Waals surface area contributed by atoms with Crippen molar-refractivity contribution in [1.29, 1.82) is 0 Å². The molecule has 2 aliphatic rings. The van der Waals surface area contributed by atoms with E-state index in [1.54, 1.807) is 0 Å². The Labute approximate surface area is 143 Å². The highest BCUT2D eigenvalue weighted by Crippen LogP contribution is 2.57. The van der Waals surface area contributed by atoms with Gasteiger partial charge in [-0.05, 0) is 51.0 Å². The van der Waals surface area contributed by atoms with Gasteiger partial charge < -0.3 is 10.4 Å². The maximum Gasteiger partial charge on any atom is 0.307 e. The molecule has 24 heavy (non-hydrogen) atoms. The number of benzene rings is 1. The zero-order chi connectivity index (χ0) is 17.4. The first kappa shape index (κ1) is 16.7. The molecular weight excluding hydrogens is 302 g/mol. The first-order valence-electron chi connectivity index (χ1n) is 8.67. The van der Waals surface area contributed by atoms with E-state index in [0.29, 0.717) is 0 Å². The number of carboxylic acids is 1. The molecule has 0 heterocycles. The lowest BCUT2D eigenvalue weighted by molar-refractivity contribution is -0.149. The number of aliphatic carboxylic acids is 1. The van der Waals surface area contributed by atoms with Crippen LogP contribution in [0, 0.1) is 23.7 Å². The smallest absolute Gasteiger partial charge is 0.307 e. The molecule has 2 fully saturated rings. The highest BCUT2D eigenvalue weighted by atomic mass is 16.4. The van der Waals surface area contributed by atoms with Crippen LogP contribution in [0.3, 0.4) is 0 Å². The summed E-state index contributed by atoms with van der Waals surface area (Å²) in [5.41, 5.74) is 3.43. The van der Waals surface area contributed by atoms with Crippen molar-refractivity contribution in [3.8, 4) is 0 Å². The number of fused-ring (bicyclic) bond motifs is 2. The van der Waals surface area contributed by atoms with Crippen molar-refractivity contribution in [2.24, 2.45) is 23.7 Å². The van der Waals surface area contributed by atoms with E-state index in [1.165, 1.54) is 11.1 Å². The van der Waals surface area contributed by atoms with Crippen molar-refractivity contribution in [3.63, 3.8) is 0 Å². The lowest BCUT2D eigenvalue weighted by Crippen LogP contribution is -2.42. The Hall–Kier alpha value is -2.10. The molecule has 0 aliphatic heterocycles. The summed E-state index contributed by atoms with van der Waals surface area (Å²) in [6.45, 7) is 6.01. The number of nitrogens with one attached hydrogen (secondary N) is 1. The van der Waals surface area contributed by atoms with E-state index in [2.05, 4.69) is 5.32 Å². The zero-order valence-corrected chi connectivity index (χ0v) is 14.5. The maximum absolute atomic E-state index is 12.9. The molecule has 0 radical (unpaired) electrons. The molecule has 3 rings (SSSR count). The number of carbonyl (C=O) groups is 2. The fraction of sp³-hybridized carbons (Fsp3) is 0.500. The minimum atomic E-state index is -0.839. The number of hydrogen-bond acceptors (Lipinski definition) is 2. The number of carbonyl (C=O) groups excluding carboxylic acids is 1. The molecule has 0 aromatic heterocycles. The third-order valence-electron chi connectivity index (χ3n) is 5.67. The van der Waals surface area contributed by atoms with Crippen LogP contribution in [-0.4, -0.2) is 17.0 Å². The highest BCUT2D eigenvalue weighted by Gasteiger charge is 2.57. The standard InChI is InChI=1S/C20H25NO3/c1-11(2)16-14-9-10-15(16)18(20(23)24)17(14)19(22)21-12(3)13-7-5-4-6-8-13/h4-8,12,14-15,17-18H,9-10H2,1-3H3,(H,21,22)(H,23,24)/t12-,14+,15-,17+,18+/m0/s1. The first-order chi connectivity index (χ1) is 11.4. The van der Waals surface area contributed by atoms with Gasteiger partial charge in [-0.3, -0.25) is 9.59 Å². The number of allylic oxidation sites excluding steroid dienone is 2. The van der Waals surface area contributed by atoms with Gasteiger partial charge in [-0.25, -0.2) is 0 Å². The Morgan fingerprint density at radius 3 is 2.21 bits per heavy atom. The second-order valence-corrected chi connectivity index (χ2v) is 7.28. The zero-order valence-electron chi connectivity index (χ0n) is 14.5. The Bertz CT molecular complexity index is 675. The average Bonchev–Trinajstić information content (AvgIpc) is 3.11. The summed E-state index contributed by atoms with van der Waals surface area (Å²) in [5.74, 6) is -1.88. The third kappa shape index (κ3) is 2.74. The van der Waals surface area contributed by atoms with Crippen molar-refractivity contribution in [2.45, 2.75) is 39.7 Å². The molecule has 1 aromatic carbocycles. The van der Waals surface area contributed by atoms with Crippen LogP contribution in [0.2, 0.25) is 0 Å². The minimum Gasteiger partial charge on any atom is -0.481 e. The number of carboxylic acid groups (broad SMARTS) is 1. The molecule has 0 saturated heterocycles. The topological polar surface area (TPSA) is 66.4 Å². The van der Waals surface area contributed by atoms with Gasteiger partial charge in [0.15, 0.2) is 0 Å². The lowest BCUT2D eigenvalue weighted by atomic mass is 9.78. The van der Waals surface area contributed by atoms with Gasteiger partial charge in [0.2, 0.25) is 5.91 Å². The number of amides is 1. The van der Waals surface area contributed by atoms with Crippen LogP contribution in [0.1, 0.15) is 45.2 Å². The van der Waals surface area contributed by atoms with E-state index in [4.69, 9.17) is 0 Å². The summed E-state index contributed by atoms with van der Waals surface area (Å²) in [5, 5.41) is 12.7. The SMILES string of the molecule is CC(C)=C1[C@H]2CC[C@@H]1[C@@H](C(=O)O)[C@@H]2C(=O)N[C@@H](C)c1ccccc1. The molecule has 5 atom stereocenters. The Morgan fingerprint density at radius 2 is 1.67 bits per heavy atom. The summed E-state index contributed by atoms with van der Waals surface area (Å²) in [4.78, 5) is 24.7. The second-order valence-electron chi connectivity index (χ2n) is 7.28. The largest absolute Gasteiger partial charge is 0.481 e. The summed E-state index contributed by atoms with van der Waals surface area (Å²) in [7, 11) is 0. The van der Waals surface area contributed by atoms with Crippen LogP contribution in [0.5, 0.6) is 0 Å². The van der Waals surface area contributed by atoms with E-state index in [1.807, 2.05) is 51.1 Å². The fourth-order valence-electron chi connectivity index (χ4n) is 4.74. The minimum absolute atomic E-state index is 0.0280. The molecule has 2 aliphatic carbocycles. The van der Waals surface area contributed by atoms with Gasteiger partial charge in [-0.2, -0.15) is 0 Å². The first-order valence-corrected chi connectivity index (χ1v) is 8.67. The molecule has 0 spiro atoms. The Balaban J connectivity index is 1.83. The normalized spacial score (nSPS) is 29.4. The van der Waals surface area contributed by atoms with E-state index >= 15 is 0 Å². The van der Waals surface area contributed by atoms with Crippen LogP contribution in [-0.2, 0) is 9.59 Å². The third-order valence-corrected chi connectivity index (χ3v) is 5.67. The molecule has 1 aromatic rings. The number of rotatable bonds is 4. The van der Waals surface area contributed by atoms with Gasteiger partial charge >= 0.3 is 5.97 Å². The van der Waals surface area contributed by atoms with Crippen LogP contribution in [0.25, 0.3) is 0 Å². The van der Waals surface area contributed by atoms with E-state index in [0.717, 1.165) is 18.4 Å². The van der Waals surface area contributed by atoms with Gasteiger partial charge in [0, 0.05) is 0 Å². The molecule has 2 bridgehead atoms. The van der Waals surface area contributed by atoms with Gasteiger partial charge in [0.05, 0.1) is 17.9 Å². The van der Waals surface area contributed by atoms with Crippen LogP contribution in [0.15, 0.2) is 41.5 Å². The van der Waals surface area contributed by atoms with E-state index in [-0.39, 0.29) is 23.8 Å². The molecule has 1 amide bonds. The average molecular weight is 327 g/mol. The van der Waals surface area contributed by atoms with Gasteiger partial charge in [-0.1, -0.05) is 41.5 Å². The van der Waals surface area contributed by atoms with Gasteiger partial charge in [0.1, 0.15) is 0 Å². The molecule has 128 valence electrons. The highest BCUT2D eigenvalue weighted by molar-refractivity contribution is 5.87. The predicted octanol–water partition coefficient (Wildman–Crippen LogP) is 3.56. The second kappa shape index (κ2) is 6.42. The summed E-state index contributed by atoms with van der Waals surface area (Å²) >= 11 is 0. The van der Waals surface area contributed by atoms with Gasteiger partial charge in [-0.15, -0.1) is 0 Å². The van der Waals surface area contributed by atoms with Crippen molar-refractivity contribution in [3.05, 3.63) is 47.0 Å². The van der Waals surface area contributed by atoms with E-state index < -0.39 is 17.8 Å². The molecule has 0 unspecified atom stereocenters. The van der Waals surface area contributed by atoms with E-state index in [9.17, 15) is 14.7 Å². The predicted molar refractivity (Wildman–Crippen MR) is 92.2 cm³/mol. The number of hydrogen-bond donors (Lipinski definition) is 2. The summed E-state index contributed by atoms with van der Waals surface area (Å²) < 4.78 is 0. The molecular formula is C20H25NO3. The summed E-state index contributed by atoms with van der Waals surface area (Å²) in [6, 6.07) is 9.65. The van der Waals surface area contributed by atoms with Gasteiger partial charge in [0.25, 0.3) is 0 Å². The van der Waals surface area contributed by atoms with Crippen molar-refractivity contribution in [1.82, 2.24) is 5.32 Å². The van der Waals surface area contributed by atoms with Crippen molar-refractivity contribution < 1.29 is 14.7 Å². The quantitative estimate of drug-likeness (QED) is 0.831. The van der Waals surface area contributed by atoms with Crippen LogP contribution >= 0.6 is 0 Å². The molecule has 2 saturated carbocycles. The Kier molecular flexibility index (Phi) is 4.48. The van der Waals surface area contributed by atoms with Crippen molar-refractivity contribution >= 4 is 11.9 Å². The Morgan fingerprint density at radius 1 is 1.08 bits per heavy atom. The summed E-state index contributed by atoms with van der Waals surface area (Å²) in [6.07, 6.45) is 1.81. The molecule has 4 nitrogen and oxygen atoms in total. The molecule has 2 N–H and O–H groups in total. The van der Waals surface area contributed by atoms with Crippen LogP contribution < -0.4 is 5.32 Å². The van der Waals surface area contributed by atoms with Crippen LogP contribution in [0.4, 0.5) is 0 Å².